The average molecular weight is 552 g/mol. The third-order valence-electron chi connectivity index (χ3n) is 3.72. The molecule has 34 heavy (non-hydrogen) atoms. The van der Waals surface area contributed by atoms with Crippen LogP contribution in [0.4, 0.5) is 5.13 Å². The number of esters is 1. The number of thiazole rings is 1. The molecular weight excluding hydrogens is 533 g/mol. The quantitative estimate of drug-likeness (QED) is 0.0457. The second-order valence-corrected chi connectivity index (χ2v) is 8.33. The van der Waals surface area contributed by atoms with Gasteiger partial charge in [-0.15, -0.1) is 22.9 Å². The van der Waals surface area contributed by atoms with Crippen molar-refractivity contribution in [3.8, 4) is 0 Å². The van der Waals surface area contributed by atoms with Crippen molar-refractivity contribution in [3.05, 3.63) is 11.1 Å². The molecule has 19 heteroatoms. The van der Waals surface area contributed by atoms with Gasteiger partial charge in [0.05, 0.1) is 6.61 Å². The van der Waals surface area contributed by atoms with E-state index in [4.69, 9.17) is 16.3 Å². The molecular formula is C15H19ClN5NaO10S2. The summed E-state index contributed by atoms with van der Waals surface area (Å²) in [6.07, 6.45) is -1.74. The van der Waals surface area contributed by atoms with E-state index in [9.17, 15) is 32.1 Å². The van der Waals surface area contributed by atoms with Crippen molar-refractivity contribution in [1.82, 2.24) is 14.6 Å². The predicted octanol–water partition coefficient (Wildman–Crippen LogP) is -4.18. The zero-order chi connectivity index (χ0) is 24.8. The van der Waals surface area contributed by atoms with E-state index in [1.54, 1.807) is 0 Å². The number of oxime groups is 1. The number of carbonyl (C=O) groups is 4. The van der Waals surface area contributed by atoms with Crippen LogP contribution in [0.25, 0.3) is 0 Å². The fourth-order valence-electron chi connectivity index (χ4n) is 2.43. The number of nitrogens with zero attached hydrogens (tertiary/aromatic N) is 3. The van der Waals surface area contributed by atoms with E-state index < -0.39 is 58.6 Å². The first-order valence-electron chi connectivity index (χ1n) is 8.85. The van der Waals surface area contributed by atoms with E-state index in [1.165, 1.54) is 12.3 Å². The van der Waals surface area contributed by atoms with Gasteiger partial charge >= 0.3 is 45.8 Å². The molecule has 0 unspecified atom stereocenters. The van der Waals surface area contributed by atoms with Crippen LogP contribution < -0.4 is 40.2 Å². The Bertz CT molecular complexity index is 1070. The number of rotatable bonds is 11. The molecule has 1 aliphatic rings. The second-order valence-electron chi connectivity index (χ2n) is 5.91. The molecule has 0 saturated carbocycles. The number of nitrogens with one attached hydrogen (secondary N) is 2. The van der Waals surface area contributed by atoms with Crippen molar-refractivity contribution in [3.63, 3.8) is 0 Å². The zero-order valence-corrected chi connectivity index (χ0v) is 22.4. The molecule has 184 valence electrons. The number of β-lactam (4-membered cyclic amide) rings is 1. The molecule has 1 aromatic heterocycles. The fraction of sp³-hybridized carbons (Fsp3) is 0.467. The molecule has 1 fully saturated rings. The topological polar surface area (TPSA) is 203 Å². The minimum Gasteiger partial charge on any atom is -1.00 e. The number of anilines is 1. The van der Waals surface area contributed by atoms with Crippen LogP contribution in [0.2, 0.25) is 0 Å². The molecule has 1 saturated heterocycles. The summed E-state index contributed by atoms with van der Waals surface area (Å²) in [7, 11) is -3.91. The smallest absolute Gasteiger partial charge is 1.00 e. The summed E-state index contributed by atoms with van der Waals surface area (Å²) >= 11 is 6.35. The Hall–Kier alpha value is -1.86. The number of ether oxygens (including phenoxy) is 2. The molecule has 0 spiro atoms. The Kier molecular flexibility index (Phi) is 11.8. The molecule has 0 radical (unpaired) electrons. The standard InChI is InChI=1S/C15H18ClN5O10S2.Na.H/c1-3-30-9(23)5-31-14-11(13(25)21(14)33(26,27)28)19-12(24)10(20-29-2)7-6-32-15(17-7)18-8(22)4-16;;/h6,11,14H,3-5H2,1-2H3,(H,19,24)(H,17,18,22)(H,26,27,28);;/q;+1;-1/t11-,14-;;/m1../s1. The third-order valence-corrected chi connectivity index (χ3v) is 5.61. The van der Waals surface area contributed by atoms with Gasteiger partial charge in [-0.1, -0.05) is 5.16 Å². The number of amides is 3. The number of aromatic nitrogens is 1. The first-order chi connectivity index (χ1) is 15.5. The molecule has 1 aliphatic heterocycles. The molecule has 0 bridgehead atoms. The molecule has 2 heterocycles. The first kappa shape index (κ1) is 30.2. The van der Waals surface area contributed by atoms with Gasteiger partial charge in [0, 0.05) is 5.38 Å². The molecule has 3 amide bonds. The van der Waals surface area contributed by atoms with E-state index in [1.807, 2.05) is 0 Å². The van der Waals surface area contributed by atoms with Crippen LogP contribution in [0, 0.1) is 0 Å². The summed E-state index contributed by atoms with van der Waals surface area (Å²) in [4.78, 5) is 56.4. The van der Waals surface area contributed by atoms with Crippen molar-refractivity contribution in [2.45, 2.75) is 19.2 Å². The van der Waals surface area contributed by atoms with Crippen LogP contribution in [-0.2, 0) is 43.8 Å². The molecule has 2 atom stereocenters. The maximum Gasteiger partial charge on any atom is 1.00 e. The van der Waals surface area contributed by atoms with Gasteiger partial charge in [0.15, 0.2) is 23.1 Å². The van der Waals surface area contributed by atoms with Crippen molar-refractivity contribution in [1.29, 1.82) is 0 Å². The summed E-state index contributed by atoms with van der Waals surface area (Å²) in [6.45, 7) is 0.782. The maximum atomic E-state index is 12.7. The Balaban J connectivity index is 0.00000578. The first-order valence-corrected chi connectivity index (χ1v) is 11.7. The average Bonchev–Trinajstić information content (AvgIpc) is 3.19. The minimum atomic E-state index is -5.05. The number of hydrogen-bond acceptors (Lipinski definition) is 12. The van der Waals surface area contributed by atoms with E-state index >= 15 is 0 Å². The van der Waals surface area contributed by atoms with Gasteiger partial charge in [-0.05, 0) is 6.92 Å². The molecule has 2 rings (SSSR count). The minimum absolute atomic E-state index is 0. The Morgan fingerprint density at radius 3 is 2.65 bits per heavy atom. The summed E-state index contributed by atoms with van der Waals surface area (Å²) in [6, 6.07) is -1.61. The van der Waals surface area contributed by atoms with E-state index in [0.29, 0.717) is 0 Å². The normalized spacial score (nSPS) is 17.8. The molecule has 0 aromatic carbocycles. The summed E-state index contributed by atoms with van der Waals surface area (Å²) in [5, 5.41) is 9.54. The molecule has 15 nitrogen and oxygen atoms in total. The molecule has 3 N–H and O–H groups in total. The number of carbonyl (C=O) groups excluding carboxylic acids is 4. The van der Waals surface area contributed by atoms with E-state index in [2.05, 4.69) is 30.3 Å². The van der Waals surface area contributed by atoms with Crippen molar-refractivity contribution < 1.29 is 77.4 Å². The van der Waals surface area contributed by atoms with Crippen LogP contribution >= 0.6 is 22.9 Å². The van der Waals surface area contributed by atoms with Crippen LogP contribution in [0.15, 0.2) is 10.5 Å². The molecule has 0 aliphatic carbocycles. The number of hydrogen-bond donors (Lipinski definition) is 3. The summed E-state index contributed by atoms with van der Waals surface area (Å²) < 4.78 is 41.8. The van der Waals surface area contributed by atoms with Crippen molar-refractivity contribution >= 4 is 67.8 Å². The van der Waals surface area contributed by atoms with Crippen LogP contribution in [0.5, 0.6) is 0 Å². The predicted molar refractivity (Wildman–Crippen MR) is 113 cm³/mol. The zero-order valence-electron chi connectivity index (χ0n) is 19.0. The van der Waals surface area contributed by atoms with Gasteiger partial charge in [0.1, 0.15) is 25.3 Å². The van der Waals surface area contributed by atoms with E-state index in [0.717, 1.165) is 18.4 Å². The Morgan fingerprint density at radius 2 is 2.09 bits per heavy atom. The number of halogens is 1. The maximum absolute atomic E-state index is 12.7. The van der Waals surface area contributed by atoms with Gasteiger partial charge in [-0.25, -0.2) is 9.78 Å². The van der Waals surface area contributed by atoms with Gasteiger partial charge in [-0.2, -0.15) is 12.7 Å². The van der Waals surface area contributed by atoms with Crippen molar-refractivity contribution in [2.24, 2.45) is 5.16 Å². The largest absolute Gasteiger partial charge is 1.00 e. The number of alkyl halides is 1. The Labute approximate surface area is 225 Å². The van der Waals surface area contributed by atoms with E-state index in [-0.39, 0.29) is 58.6 Å². The van der Waals surface area contributed by atoms with Crippen LogP contribution in [-0.4, -0.2) is 90.1 Å². The van der Waals surface area contributed by atoms with Gasteiger partial charge in [0.2, 0.25) is 5.91 Å². The third kappa shape index (κ3) is 7.57. The second kappa shape index (κ2) is 13.3. The van der Waals surface area contributed by atoms with Gasteiger partial charge < -0.3 is 26.4 Å². The van der Waals surface area contributed by atoms with Crippen molar-refractivity contribution in [2.75, 3.05) is 31.5 Å². The molecule has 1 aromatic rings. The fourth-order valence-corrected chi connectivity index (χ4v) is 4.00. The Morgan fingerprint density at radius 1 is 1.41 bits per heavy atom. The SMILES string of the molecule is CCOC(=O)CO[C@@H]1[C@H](NC(=O)C(=NOC)c2csc(NC(=O)CCl)n2)C(=O)N1S(=O)(=O)O.[H-].[Na+]. The summed E-state index contributed by atoms with van der Waals surface area (Å²) in [5.41, 5.74) is -0.478. The van der Waals surface area contributed by atoms with Gasteiger partial charge in [-0.3, -0.25) is 18.9 Å². The van der Waals surface area contributed by atoms with Crippen LogP contribution in [0.3, 0.4) is 0 Å². The van der Waals surface area contributed by atoms with Crippen LogP contribution in [0.1, 0.15) is 14.0 Å². The monoisotopic (exact) mass is 551 g/mol. The van der Waals surface area contributed by atoms with Gasteiger partial charge in [0.25, 0.3) is 11.8 Å². The summed E-state index contributed by atoms with van der Waals surface area (Å²) in [5.74, 6) is -4.00.